The lowest BCUT2D eigenvalue weighted by molar-refractivity contribution is 0.475. The van der Waals surface area contributed by atoms with Gasteiger partial charge in [0.05, 0.1) is 0 Å². The van der Waals surface area contributed by atoms with E-state index >= 15 is 0 Å². The molecule has 1 nitrogen and oxygen atoms in total. The van der Waals surface area contributed by atoms with Gasteiger partial charge in [0, 0.05) is 16.6 Å². The molecule has 1 aromatic carbocycles. The van der Waals surface area contributed by atoms with Crippen LogP contribution in [0, 0.1) is 5.82 Å². The highest BCUT2D eigenvalue weighted by Gasteiger charge is 2.14. The molecule has 1 rings (SSSR count). The molecule has 1 N–H and O–H groups in total. The Labute approximate surface area is 127 Å². The fraction of sp³-hybridized carbons (Fsp3) is 0.647. The molecule has 0 fully saturated rings. The summed E-state index contributed by atoms with van der Waals surface area (Å²) >= 11 is 5.96. The van der Waals surface area contributed by atoms with Gasteiger partial charge in [-0.15, -0.1) is 0 Å². The molecular formula is C17H27ClFN. The molecule has 1 atom stereocenters. The molecule has 0 radical (unpaired) electrons. The molecule has 0 spiro atoms. The molecule has 1 unspecified atom stereocenters. The zero-order chi connectivity index (χ0) is 14.8. The van der Waals surface area contributed by atoms with Crippen molar-refractivity contribution >= 4 is 11.6 Å². The lowest BCUT2D eigenvalue weighted by atomic mass is 9.99. The van der Waals surface area contributed by atoms with Gasteiger partial charge in [-0.25, -0.2) is 4.39 Å². The van der Waals surface area contributed by atoms with Crippen molar-refractivity contribution in [3.63, 3.8) is 0 Å². The second-order valence-electron chi connectivity index (χ2n) is 5.42. The Morgan fingerprint density at radius 3 is 2.40 bits per heavy atom. The van der Waals surface area contributed by atoms with Crippen molar-refractivity contribution in [2.45, 2.75) is 64.3 Å². The first-order valence-electron chi connectivity index (χ1n) is 7.81. The van der Waals surface area contributed by atoms with Crippen LogP contribution in [0.15, 0.2) is 18.2 Å². The topological polar surface area (TPSA) is 12.0 Å². The van der Waals surface area contributed by atoms with Crippen molar-refractivity contribution in [3.05, 3.63) is 34.6 Å². The second kappa shape index (κ2) is 10.2. The molecule has 0 heterocycles. The average Bonchev–Trinajstić information content (AvgIpc) is 2.45. The van der Waals surface area contributed by atoms with Gasteiger partial charge in [0.1, 0.15) is 5.82 Å². The van der Waals surface area contributed by atoms with Crippen LogP contribution in [0.3, 0.4) is 0 Å². The third kappa shape index (κ3) is 6.23. The van der Waals surface area contributed by atoms with Gasteiger partial charge in [0.15, 0.2) is 0 Å². The van der Waals surface area contributed by atoms with E-state index in [0.717, 1.165) is 12.8 Å². The van der Waals surface area contributed by atoms with Gasteiger partial charge in [0.2, 0.25) is 0 Å². The largest absolute Gasteiger partial charge is 0.313 e. The van der Waals surface area contributed by atoms with E-state index in [2.05, 4.69) is 12.2 Å². The Morgan fingerprint density at radius 2 is 1.75 bits per heavy atom. The normalized spacial score (nSPS) is 12.6. The van der Waals surface area contributed by atoms with E-state index in [1.165, 1.54) is 44.6 Å². The zero-order valence-corrected chi connectivity index (χ0v) is 13.5. The van der Waals surface area contributed by atoms with Gasteiger partial charge in [0.25, 0.3) is 0 Å². The average molecular weight is 300 g/mol. The summed E-state index contributed by atoms with van der Waals surface area (Å²) < 4.78 is 13.8. The minimum absolute atomic E-state index is 0.0596. The summed E-state index contributed by atoms with van der Waals surface area (Å²) in [5, 5.41) is 3.80. The molecule has 3 heteroatoms. The smallest absolute Gasteiger partial charge is 0.128 e. The molecule has 0 aliphatic rings. The van der Waals surface area contributed by atoms with Crippen LogP contribution in [-0.2, 0) is 0 Å². The van der Waals surface area contributed by atoms with E-state index in [0.29, 0.717) is 10.6 Å². The monoisotopic (exact) mass is 299 g/mol. The predicted molar refractivity (Wildman–Crippen MR) is 85.8 cm³/mol. The first-order valence-corrected chi connectivity index (χ1v) is 8.19. The molecule has 0 aliphatic heterocycles. The Hall–Kier alpha value is -0.600. The van der Waals surface area contributed by atoms with Gasteiger partial charge in [-0.3, -0.25) is 0 Å². The van der Waals surface area contributed by atoms with Crippen LogP contribution in [0.4, 0.5) is 4.39 Å². The van der Waals surface area contributed by atoms with E-state index in [4.69, 9.17) is 11.6 Å². The van der Waals surface area contributed by atoms with Crippen LogP contribution >= 0.6 is 11.6 Å². The maximum atomic E-state index is 13.8. The molecule has 20 heavy (non-hydrogen) atoms. The van der Waals surface area contributed by atoms with E-state index in [1.807, 2.05) is 7.05 Å². The highest BCUT2D eigenvalue weighted by Crippen LogP contribution is 2.25. The van der Waals surface area contributed by atoms with E-state index in [1.54, 1.807) is 12.1 Å². The Bertz CT molecular complexity index is 381. The zero-order valence-electron chi connectivity index (χ0n) is 12.7. The number of benzene rings is 1. The standard InChI is InChI=1S/C17H27ClFN/c1-3-4-5-6-7-8-9-10-17(20-2)15-13-14(18)11-12-16(15)19/h11-13,17,20H,3-10H2,1-2H3. The van der Waals surface area contributed by atoms with Crippen molar-refractivity contribution in [1.29, 1.82) is 0 Å². The van der Waals surface area contributed by atoms with Crippen LogP contribution in [0.2, 0.25) is 5.02 Å². The van der Waals surface area contributed by atoms with Gasteiger partial charge in [-0.1, -0.05) is 63.5 Å². The quantitative estimate of drug-likeness (QED) is 0.532. The lowest BCUT2D eigenvalue weighted by Crippen LogP contribution is -2.17. The van der Waals surface area contributed by atoms with E-state index in [-0.39, 0.29) is 11.9 Å². The molecule has 0 saturated heterocycles. The van der Waals surface area contributed by atoms with Crippen molar-refractivity contribution in [2.24, 2.45) is 0 Å². The molecule has 1 aromatic rings. The van der Waals surface area contributed by atoms with Crippen LogP contribution in [0.25, 0.3) is 0 Å². The number of hydrogen-bond acceptors (Lipinski definition) is 1. The fourth-order valence-corrected chi connectivity index (χ4v) is 2.72. The van der Waals surface area contributed by atoms with Crippen molar-refractivity contribution in [3.8, 4) is 0 Å². The third-order valence-corrected chi connectivity index (χ3v) is 4.01. The van der Waals surface area contributed by atoms with Crippen LogP contribution in [0.5, 0.6) is 0 Å². The number of unbranched alkanes of at least 4 members (excludes halogenated alkanes) is 6. The maximum absolute atomic E-state index is 13.8. The fourth-order valence-electron chi connectivity index (χ4n) is 2.54. The van der Waals surface area contributed by atoms with Gasteiger partial charge < -0.3 is 5.32 Å². The summed E-state index contributed by atoms with van der Waals surface area (Å²) in [6.45, 7) is 2.23. The number of hydrogen-bond donors (Lipinski definition) is 1. The van der Waals surface area contributed by atoms with Crippen molar-refractivity contribution in [2.75, 3.05) is 7.05 Å². The van der Waals surface area contributed by atoms with Gasteiger partial charge >= 0.3 is 0 Å². The number of nitrogens with one attached hydrogen (secondary N) is 1. The van der Waals surface area contributed by atoms with Crippen molar-refractivity contribution < 1.29 is 4.39 Å². The molecule has 0 bridgehead atoms. The van der Waals surface area contributed by atoms with E-state index < -0.39 is 0 Å². The lowest BCUT2D eigenvalue weighted by Gasteiger charge is -2.17. The molecule has 0 amide bonds. The number of rotatable bonds is 10. The molecule has 0 aliphatic carbocycles. The summed E-state index contributed by atoms with van der Waals surface area (Å²) in [5.41, 5.74) is 0.686. The Kier molecular flexibility index (Phi) is 8.88. The van der Waals surface area contributed by atoms with Crippen LogP contribution in [0.1, 0.15) is 69.9 Å². The molecule has 0 aromatic heterocycles. The first kappa shape index (κ1) is 17.5. The Balaban J connectivity index is 2.34. The summed E-state index contributed by atoms with van der Waals surface area (Å²) in [4.78, 5) is 0. The SMILES string of the molecule is CCCCCCCCCC(NC)c1cc(Cl)ccc1F. The van der Waals surface area contributed by atoms with Crippen LogP contribution in [-0.4, -0.2) is 7.05 Å². The first-order chi connectivity index (χ1) is 9.69. The number of halogens is 2. The minimum atomic E-state index is -0.170. The highest BCUT2D eigenvalue weighted by molar-refractivity contribution is 6.30. The summed E-state index contributed by atoms with van der Waals surface area (Å²) in [7, 11) is 1.88. The molecule has 114 valence electrons. The maximum Gasteiger partial charge on any atom is 0.128 e. The third-order valence-electron chi connectivity index (χ3n) is 3.78. The molecule has 0 saturated carbocycles. The van der Waals surface area contributed by atoms with Crippen molar-refractivity contribution in [1.82, 2.24) is 5.32 Å². The molecular weight excluding hydrogens is 273 g/mol. The minimum Gasteiger partial charge on any atom is -0.313 e. The summed E-state index contributed by atoms with van der Waals surface area (Å²) in [6.07, 6.45) is 9.89. The predicted octanol–water partition coefficient (Wildman–Crippen LogP) is 5.88. The van der Waals surface area contributed by atoms with Gasteiger partial charge in [-0.05, 0) is 31.7 Å². The Morgan fingerprint density at radius 1 is 1.10 bits per heavy atom. The summed E-state index contributed by atoms with van der Waals surface area (Å²) in [6, 6.07) is 4.84. The van der Waals surface area contributed by atoms with E-state index in [9.17, 15) is 4.39 Å². The van der Waals surface area contributed by atoms with Crippen LogP contribution < -0.4 is 5.32 Å². The summed E-state index contributed by atoms with van der Waals surface area (Å²) in [5.74, 6) is -0.170. The van der Waals surface area contributed by atoms with Gasteiger partial charge in [-0.2, -0.15) is 0 Å². The second-order valence-corrected chi connectivity index (χ2v) is 5.85. The highest BCUT2D eigenvalue weighted by atomic mass is 35.5.